The van der Waals surface area contributed by atoms with Crippen LogP contribution in [0.25, 0.3) is 11.1 Å². The first-order chi connectivity index (χ1) is 11.2. The van der Waals surface area contributed by atoms with E-state index in [0.717, 1.165) is 11.8 Å². The second-order valence-corrected chi connectivity index (χ2v) is 6.43. The standard InChI is InChI=1S/C15H12N2O4S2/c1-20-14(19)17-13(12(18)11-7-4-8-22-11)23-15-16-9-5-2-3-6-10(9)21-15/h2-8,13H,1H3,(H,17,19)/t13-/m0/s1. The molecule has 0 aliphatic rings. The normalized spacial score (nSPS) is 12.0. The number of para-hydroxylation sites is 2. The highest BCUT2D eigenvalue weighted by atomic mass is 32.2. The average Bonchev–Trinajstić information content (AvgIpc) is 3.22. The molecule has 3 rings (SSSR count). The topological polar surface area (TPSA) is 81.4 Å². The summed E-state index contributed by atoms with van der Waals surface area (Å²) in [5, 5.41) is 3.73. The van der Waals surface area contributed by atoms with Crippen LogP contribution >= 0.6 is 23.1 Å². The number of nitrogens with one attached hydrogen (secondary N) is 1. The second-order valence-electron chi connectivity index (χ2n) is 4.42. The Morgan fingerprint density at radius 1 is 1.30 bits per heavy atom. The Hall–Kier alpha value is -2.32. The van der Waals surface area contributed by atoms with E-state index in [1.807, 2.05) is 18.2 Å². The molecule has 1 N–H and O–H groups in total. The SMILES string of the molecule is COC(=O)N[C@@H](Sc1nc2ccccc2o1)C(=O)c1cccs1. The van der Waals surface area contributed by atoms with Gasteiger partial charge in [-0.3, -0.25) is 4.79 Å². The van der Waals surface area contributed by atoms with Gasteiger partial charge >= 0.3 is 6.09 Å². The summed E-state index contributed by atoms with van der Waals surface area (Å²) in [6.45, 7) is 0. The maximum Gasteiger partial charge on any atom is 0.408 e. The van der Waals surface area contributed by atoms with E-state index in [-0.39, 0.29) is 5.78 Å². The van der Waals surface area contributed by atoms with Crippen molar-refractivity contribution in [1.29, 1.82) is 0 Å². The Morgan fingerprint density at radius 3 is 2.83 bits per heavy atom. The summed E-state index contributed by atoms with van der Waals surface area (Å²) in [4.78, 5) is 28.9. The molecule has 0 saturated carbocycles. The molecule has 23 heavy (non-hydrogen) atoms. The molecule has 118 valence electrons. The lowest BCUT2D eigenvalue weighted by Gasteiger charge is -2.13. The predicted octanol–water partition coefficient (Wildman–Crippen LogP) is 3.55. The van der Waals surface area contributed by atoms with Crippen LogP contribution in [0.4, 0.5) is 4.79 Å². The van der Waals surface area contributed by atoms with Gasteiger partial charge in [0.25, 0.3) is 5.22 Å². The number of Topliss-reactive ketones (excluding diaryl/α,β-unsaturated/α-hetero) is 1. The summed E-state index contributed by atoms with van der Waals surface area (Å²) in [6.07, 6.45) is -0.691. The van der Waals surface area contributed by atoms with Gasteiger partial charge in [-0.1, -0.05) is 18.2 Å². The highest BCUT2D eigenvalue weighted by Crippen LogP contribution is 2.28. The van der Waals surface area contributed by atoms with Gasteiger partial charge in [0, 0.05) is 0 Å². The van der Waals surface area contributed by atoms with Crippen molar-refractivity contribution in [3.63, 3.8) is 0 Å². The van der Waals surface area contributed by atoms with Gasteiger partial charge in [-0.25, -0.2) is 9.78 Å². The summed E-state index contributed by atoms with van der Waals surface area (Å²) < 4.78 is 10.2. The monoisotopic (exact) mass is 348 g/mol. The van der Waals surface area contributed by atoms with Crippen LogP contribution in [0.3, 0.4) is 0 Å². The molecule has 0 bridgehead atoms. The van der Waals surface area contributed by atoms with E-state index in [1.165, 1.54) is 18.4 Å². The minimum absolute atomic E-state index is 0.238. The number of methoxy groups -OCH3 is 1. The van der Waals surface area contributed by atoms with E-state index >= 15 is 0 Å². The number of thiophene rings is 1. The number of thioether (sulfide) groups is 1. The first-order valence-corrected chi connectivity index (χ1v) is 8.38. The van der Waals surface area contributed by atoms with Crippen LogP contribution in [0.15, 0.2) is 51.4 Å². The van der Waals surface area contributed by atoms with Gasteiger partial charge in [0.05, 0.1) is 12.0 Å². The van der Waals surface area contributed by atoms with E-state index in [1.54, 1.807) is 23.6 Å². The van der Waals surface area contributed by atoms with Crippen molar-refractivity contribution in [3.05, 3.63) is 46.7 Å². The Morgan fingerprint density at radius 2 is 2.13 bits per heavy atom. The predicted molar refractivity (Wildman–Crippen MR) is 87.8 cm³/mol. The van der Waals surface area contributed by atoms with Crippen LogP contribution in [0.1, 0.15) is 9.67 Å². The van der Waals surface area contributed by atoms with E-state index < -0.39 is 11.5 Å². The maximum atomic E-state index is 12.5. The molecule has 3 aromatic rings. The van der Waals surface area contributed by atoms with Crippen molar-refractivity contribution in [3.8, 4) is 0 Å². The van der Waals surface area contributed by atoms with Crippen molar-refractivity contribution in [1.82, 2.24) is 10.3 Å². The zero-order valence-corrected chi connectivity index (χ0v) is 13.6. The summed E-state index contributed by atoms with van der Waals surface area (Å²) in [5.41, 5.74) is 1.31. The van der Waals surface area contributed by atoms with Crippen LogP contribution in [-0.2, 0) is 4.74 Å². The minimum atomic E-state index is -0.880. The molecule has 1 amide bonds. The number of alkyl carbamates (subject to hydrolysis) is 1. The fraction of sp³-hybridized carbons (Fsp3) is 0.133. The number of ketones is 1. The lowest BCUT2D eigenvalue weighted by molar-refractivity contribution is 0.0973. The van der Waals surface area contributed by atoms with Crippen LogP contribution in [-0.4, -0.2) is 29.3 Å². The van der Waals surface area contributed by atoms with Gasteiger partial charge in [-0.2, -0.15) is 0 Å². The quantitative estimate of drug-likeness (QED) is 0.431. The van der Waals surface area contributed by atoms with Crippen LogP contribution in [0, 0.1) is 0 Å². The molecule has 0 saturated heterocycles. The van der Waals surface area contributed by atoms with Crippen molar-refractivity contribution < 1.29 is 18.7 Å². The van der Waals surface area contributed by atoms with Crippen molar-refractivity contribution in [2.75, 3.05) is 7.11 Å². The number of carbonyl (C=O) groups is 2. The summed E-state index contributed by atoms with van der Waals surface area (Å²) >= 11 is 2.34. The fourth-order valence-corrected chi connectivity index (χ4v) is 3.51. The lowest BCUT2D eigenvalue weighted by Crippen LogP contribution is -2.38. The number of nitrogens with zero attached hydrogens (tertiary/aromatic N) is 1. The van der Waals surface area contributed by atoms with Gasteiger partial charge < -0.3 is 14.5 Å². The first-order valence-electron chi connectivity index (χ1n) is 6.62. The molecule has 0 radical (unpaired) electrons. The number of hydrogen-bond donors (Lipinski definition) is 1. The van der Waals surface area contributed by atoms with Gasteiger partial charge in [0.1, 0.15) is 5.52 Å². The number of hydrogen-bond acceptors (Lipinski definition) is 7. The number of ether oxygens (including phenoxy) is 1. The highest BCUT2D eigenvalue weighted by molar-refractivity contribution is 8.00. The van der Waals surface area contributed by atoms with Gasteiger partial charge in [0.15, 0.2) is 11.0 Å². The van der Waals surface area contributed by atoms with E-state index in [9.17, 15) is 9.59 Å². The molecule has 0 aliphatic carbocycles. The molecule has 6 nitrogen and oxygen atoms in total. The Balaban J connectivity index is 1.85. The van der Waals surface area contributed by atoms with Crippen molar-refractivity contribution in [2.24, 2.45) is 0 Å². The van der Waals surface area contributed by atoms with E-state index in [4.69, 9.17) is 4.42 Å². The average molecular weight is 348 g/mol. The Kier molecular flexibility index (Phi) is 4.63. The first kappa shape index (κ1) is 15.6. The lowest BCUT2D eigenvalue weighted by atomic mass is 10.3. The van der Waals surface area contributed by atoms with E-state index in [0.29, 0.717) is 21.2 Å². The van der Waals surface area contributed by atoms with Gasteiger partial charge in [-0.15, -0.1) is 11.3 Å². The summed E-state index contributed by atoms with van der Waals surface area (Å²) in [6, 6.07) is 10.8. The Labute approximate surface area is 139 Å². The van der Waals surface area contributed by atoms with Crippen LogP contribution < -0.4 is 5.32 Å². The molecular formula is C15H12N2O4S2. The zero-order chi connectivity index (χ0) is 16.2. The molecule has 0 spiro atoms. The zero-order valence-electron chi connectivity index (χ0n) is 12.0. The molecule has 0 unspecified atom stereocenters. The largest absolute Gasteiger partial charge is 0.453 e. The maximum absolute atomic E-state index is 12.5. The minimum Gasteiger partial charge on any atom is -0.453 e. The molecule has 1 atom stereocenters. The highest BCUT2D eigenvalue weighted by Gasteiger charge is 2.26. The number of oxazole rings is 1. The Bertz CT molecular complexity index is 796. The number of rotatable bonds is 5. The molecular weight excluding hydrogens is 336 g/mol. The number of amides is 1. The number of carbonyl (C=O) groups excluding carboxylic acids is 2. The van der Waals surface area contributed by atoms with Crippen molar-refractivity contribution in [2.45, 2.75) is 10.6 Å². The van der Waals surface area contributed by atoms with Gasteiger partial charge in [0.2, 0.25) is 5.78 Å². The smallest absolute Gasteiger partial charge is 0.408 e. The fourth-order valence-electron chi connectivity index (χ4n) is 1.86. The van der Waals surface area contributed by atoms with Crippen LogP contribution in [0.2, 0.25) is 0 Å². The number of aromatic nitrogens is 1. The third-order valence-electron chi connectivity index (χ3n) is 2.93. The number of benzene rings is 1. The van der Waals surface area contributed by atoms with Crippen molar-refractivity contribution >= 4 is 46.1 Å². The second kappa shape index (κ2) is 6.84. The molecule has 0 aliphatic heterocycles. The summed E-state index contributed by atoms with van der Waals surface area (Å²) in [5.74, 6) is -0.238. The molecule has 8 heteroatoms. The third-order valence-corrected chi connectivity index (χ3v) is 4.76. The van der Waals surface area contributed by atoms with E-state index in [2.05, 4.69) is 15.0 Å². The van der Waals surface area contributed by atoms with Crippen LogP contribution in [0.5, 0.6) is 0 Å². The summed E-state index contributed by atoms with van der Waals surface area (Å²) in [7, 11) is 1.24. The molecule has 2 aromatic heterocycles. The number of fused-ring (bicyclic) bond motifs is 1. The third kappa shape index (κ3) is 3.54. The molecule has 1 aromatic carbocycles. The molecule has 0 fully saturated rings. The van der Waals surface area contributed by atoms with Gasteiger partial charge in [-0.05, 0) is 35.3 Å². The molecule has 2 heterocycles.